The fourth-order valence-corrected chi connectivity index (χ4v) is 0.616. The molecule has 0 N–H and O–H groups in total. The van der Waals surface area contributed by atoms with Crippen LogP contribution >= 0.6 is 11.6 Å². The van der Waals surface area contributed by atoms with Crippen LogP contribution < -0.4 is 0 Å². The molecule has 1 atom stereocenters. The van der Waals surface area contributed by atoms with Gasteiger partial charge in [0, 0.05) is 0 Å². The van der Waals surface area contributed by atoms with Gasteiger partial charge in [0.15, 0.2) is 0 Å². The summed E-state index contributed by atoms with van der Waals surface area (Å²) in [4.78, 5) is 18.8. The molecule has 1 aliphatic rings. The lowest BCUT2D eigenvalue weighted by molar-refractivity contribution is -0.257. The topological polar surface area (TPSA) is 35.5 Å². The minimum Gasteiger partial charge on any atom is -0.298 e. The number of carbonyl (C=O) groups excluding carboxylic acids is 1. The van der Waals surface area contributed by atoms with E-state index in [9.17, 15) is 4.79 Å². The largest absolute Gasteiger partial charge is 0.345 e. The number of halogens is 1. The van der Waals surface area contributed by atoms with Crippen molar-refractivity contribution < 1.29 is 14.6 Å². The third kappa shape index (κ3) is 1.11. The number of carbonyl (C=O) groups is 1. The zero-order chi connectivity index (χ0) is 5.98. The highest BCUT2D eigenvalue weighted by molar-refractivity contribution is 6.18. The lowest BCUT2D eigenvalue weighted by Gasteiger charge is -1.94. The average molecular weight is 137 g/mol. The fourth-order valence-electron chi connectivity index (χ4n) is 0.456. The van der Waals surface area contributed by atoms with Crippen LogP contribution in [0.1, 0.15) is 6.42 Å². The molecule has 1 fully saturated rings. The lowest BCUT2D eigenvalue weighted by atomic mass is 10.3. The summed E-state index contributed by atoms with van der Waals surface area (Å²) >= 11 is 5.32. The Bertz CT molecular complexity index is 103. The highest BCUT2D eigenvalue weighted by Gasteiger charge is 2.24. The third-order valence-electron chi connectivity index (χ3n) is 0.844. The maximum absolute atomic E-state index is 10.2. The zero-order valence-electron chi connectivity index (χ0n) is 4.09. The molecule has 0 bridgehead atoms. The van der Waals surface area contributed by atoms with E-state index < -0.39 is 0 Å². The first kappa shape index (κ1) is 5.85. The minimum atomic E-state index is -0.337. The summed E-state index contributed by atoms with van der Waals surface area (Å²) in [5, 5.41) is 0. The van der Waals surface area contributed by atoms with Crippen LogP contribution in [0.4, 0.5) is 0 Å². The van der Waals surface area contributed by atoms with E-state index >= 15 is 0 Å². The molecule has 4 heteroatoms. The third-order valence-corrected chi connectivity index (χ3v) is 1.19. The Hall–Kier alpha value is -0.280. The van der Waals surface area contributed by atoms with Gasteiger partial charge in [-0.05, 0) is 0 Å². The van der Waals surface area contributed by atoms with Crippen molar-refractivity contribution in [2.75, 3.05) is 5.88 Å². The lowest BCUT2D eigenvalue weighted by Crippen LogP contribution is -2.05. The molecule has 1 aliphatic heterocycles. The Morgan fingerprint density at radius 2 is 2.62 bits per heavy atom. The minimum absolute atomic E-state index is 0.232. The molecule has 1 unspecified atom stereocenters. The smallest absolute Gasteiger partial charge is 0.298 e. The molecule has 0 spiro atoms. The molecule has 1 rings (SSSR count). The van der Waals surface area contributed by atoms with Gasteiger partial charge in [-0.3, -0.25) is 4.89 Å². The van der Waals surface area contributed by atoms with Crippen molar-refractivity contribution in [2.24, 2.45) is 0 Å². The Morgan fingerprint density at radius 3 is 2.88 bits per heavy atom. The van der Waals surface area contributed by atoms with E-state index in [2.05, 4.69) is 9.78 Å². The van der Waals surface area contributed by atoms with Crippen LogP contribution in [0.15, 0.2) is 0 Å². The number of hydrogen-bond acceptors (Lipinski definition) is 3. The maximum atomic E-state index is 10.2. The van der Waals surface area contributed by atoms with Crippen molar-refractivity contribution >= 4 is 17.6 Å². The van der Waals surface area contributed by atoms with Gasteiger partial charge < -0.3 is 0 Å². The van der Waals surface area contributed by atoms with Gasteiger partial charge in [-0.15, -0.1) is 11.6 Å². The summed E-state index contributed by atoms with van der Waals surface area (Å²) in [5.41, 5.74) is 0. The van der Waals surface area contributed by atoms with Gasteiger partial charge in [0.1, 0.15) is 6.10 Å². The molecule has 1 saturated heterocycles. The SMILES string of the molecule is O=C1CC(CCl)OO1. The van der Waals surface area contributed by atoms with Crippen molar-refractivity contribution in [3.05, 3.63) is 0 Å². The Kier molecular flexibility index (Phi) is 1.70. The number of rotatable bonds is 1. The van der Waals surface area contributed by atoms with Crippen LogP contribution in [0.2, 0.25) is 0 Å². The van der Waals surface area contributed by atoms with E-state index in [1.807, 2.05) is 0 Å². The standard InChI is InChI=1S/C4H5ClO3/c5-2-3-1-4(6)8-7-3/h3H,1-2H2. The second-order valence-electron chi connectivity index (χ2n) is 1.53. The predicted octanol–water partition coefficient (Wildman–Crippen LogP) is 0.472. The predicted molar refractivity (Wildman–Crippen MR) is 26.3 cm³/mol. The summed E-state index contributed by atoms with van der Waals surface area (Å²) in [6.07, 6.45) is 0.0490. The molecule has 0 amide bonds. The molecule has 0 aromatic heterocycles. The zero-order valence-corrected chi connectivity index (χ0v) is 4.85. The quantitative estimate of drug-likeness (QED) is 0.388. The Balaban J connectivity index is 2.32. The van der Waals surface area contributed by atoms with E-state index in [-0.39, 0.29) is 18.5 Å². The van der Waals surface area contributed by atoms with Gasteiger partial charge in [0.05, 0.1) is 12.3 Å². The van der Waals surface area contributed by atoms with Crippen molar-refractivity contribution in [3.8, 4) is 0 Å². The first-order valence-electron chi connectivity index (χ1n) is 2.25. The maximum Gasteiger partial charge on any atom is 0.345 e. The molecule has 3 nitrogen and oxygen atoms in total. The van der Waals surface area contributed by atoms with E-state index in [0.717, 1.165) is 0 Å². The summed E-state index contributed by atoms with van der Waals surface area (Å²) in [5.74, 6) is -0.0261. The first-order chi connectivity index (χ1) is 3.83. The highest BCUT2D eigenvalue weighted by atomic mass is 35.5. The second kappa shape index (κ2) is 2.33. The molecule has 0 saturated carbocycles. The van der Waals surface area contributed by atoms with Crippen molar-refractivity contribution in [3.63, 3.8) is 0 Å². The normalized spacial score (nSPS) is 28.1. The van der Waals surface area contributed by atoms with Gasteiger partial charge in [-0.25, -0.2) is 4.79 Å². The van der Waals surface area contributed by atoms with E-state index in [1.165, 1.54) is 0 Å². The van der Waals surface area contributed by atoms with Crippen LogP contribution in [-0.2, 0) is 14.6 Å². The van der Waals surface area contributed by atoms with Crippen LogP contribution in [0.25, 0.3) is 0 Å². The molecule has 8 heavy (non-hydrogen) atoms. The molecule has 0 aromatic carbocycles. The van der Waals surface area contributed by atoms with E-state index in [4.69, 9.17) is 11.6 Å². The van der Waals surface area contributed by atoms with E-state index in [0.29, 0.717) is 5.88 Å². The van der Waals surface area contributed by atoms with Gasteiger partial charge >= 0.3 is 5.97 Å². The molecular formula is C4H5ClO3. The first-order valence-corrected chi connectivity index (χ1v) is 2.78. The molecule has 1 heterocycles. The van der Waals surface area contributed by atoms with Gasteiger partial charge in [0.25, 0.3) is 0 Å². The summed E-state index contributed by atoms with van der Waals surface area (Å²) in [6.45, 7) is 0. The summed E-state index contributed by atoms with van der Waals surface area (Å²) < 4.78 is 0. The molecule has 46 valence electrons. The van der Waals surface area contributed by atoms with Crippen LogP contribution in [-0.4, -0.2) is 18.0 Å². The van der Waals surface area contributed by atoms with Crippen molar-refractivity contribution in [2.45, 2.75) is 12.5 Å². The van der Waals surface area contributed by atoms with Gasteiger partial charge in [0.2, 0.25) is 0 Å². The fraction of sp³-hybridized carbons (Fsp3) is 0.750. The van der Waals surface area contributed by atoms with Crippen molar-refractivity contribution in [1.29, 1.82) is 0 Å². The summed E-state index contributed by atoms with van der Waals surface area (Å²) in [7, 11) is 0. The number of alkyl halides is 1. The monoisotopic (exact) mass is 136 g/mol. The molecule has 0 aliphatic carbocycles. The highest BCUT2D eigenvalue weighted by Crippen LogP contribution is 2.10. The summed E-state index contributed by atoms with van der Waals surface area (Å²) in [6, 6.07) is 0. The van der Waals surface area contributed by atoms with Crippen LogP contribution in [0.5, 0.6) is 0 Å². The number of hydrogen-bond donors (Lipinski definition) is 0. The van der Waals surface area contributed by atoms with Gasteiger partial charge in [-0.1, -0.05) is 0 Å². The Morgan fingerprint density at radius 1 is 1.88 bits per heavy atom. The molecule has 0 aromatic rings. The van der Waals surface area contributed by atoms with Crippen molar-refractivity contribution in [1.82, 2.24) is 0 Å². The van der Waals surface area contributed by atoms with Crippen LogP contribution in [0.3, 0.4) is 0 Å². The average Bonchev–Trinajstić information content (AvgIpc) is 2.14. The Labute approximate surface area is 51.4 Å². The molecule has 0 radical (unpaired) electrons. The van der Waals surface area contributed by atoms with E-state index in [1.54, 1.807) is 0 Å². The van der Waals surface area contributed by atoms with Gasteiger partial charge in [-0.2, -0.15) is 4.89 Å². The second-order valence-corrected chi connectivity index (χ2v) is 1.84. The molecular weight excluding hydrogens is 131 g/mol. The van der Waals surface area contributed by atoms with Crippen LogP contribution in [0, 0.1) is 0 Å².